The average molecular weight is 996 g/mol. The summed E-state index contributed by atoms with van der Waals surface area (Å²) in [5.41, 5.74) is 10.9. The third kappa shape index (κ3) is 11.0. The number of fused-ring (bicyclic) bond motifs is 2. The number of phenols is 1. The number of benzene rings is 2. The van der Waals surface area contributed by atoms with Gasteiger partial charge in [-0.25, -0.2) is 4.98 Å². The van der Waals surface area contributed by atoms with Gasteiger partial charge in [0.1, 0.15) is 30.4 Å². The normalized spacial score (nSPS) is 24.0. The van der Waals surface area contributed by atoms with Gasteiger partial charge in [0.25, 0.3) is 5.88 Å². The molecule has 10 rings (SSSR count). The van der Waals surface area contributed by atoms with Crippen LogP contribution in [0.3, 0.4) is 0 Å². The molecule has 19 heteroatoms. The molecule has 5 fully saturated rings. The van der Waals surface area contributed by atoms with Crippen LogP contribution in [0.1, 0.15) is 94.6 Å². The summed E-state index contributed by atoms with van der Waals surface area (Å²) >= 11 is 0. The van der Waals surface area contributed by atoms with Crippen LogP contribution in [0.4, 0.5) is 17.2 Å². The van der Waals surface area contributed by atoms with Crippen molar-refractivity contribution in [1.82, 2.24) is 35.5 Å². The number of hydrogen-bond acceptors (Lipinski definition) is 17. The summed E-state index contributed by atoms with van der Waals surface area (Å²) in [4.78, 5) is 40.8. The Labute approximate surface area is 425 Å². The number of likely N-dealkylation sites (tertiary alicyclic amines) is 2. The zero-order valence-electron chi connectivity index (χ0n) is 41.6. The quantitative estimate of drug-likeness (QED) is 0.0887. The van der Waals surface area contributed by atoms with E-state index in [1.807, 2.05) is 45.2 Å². The van der Waals surface area contributed by atoms with Crippen molar-refractivity contribution in [2.45, 2.75) is 120 Å². The van der Waals surface area contributed by atoms with E-state index in [4.69, 9.17) is 29.7 Å². The van der Waals surface area contributed by atoms with E-state index in [1.165, 1.54) is 4.90 Å². The van der Waals surface area contributed by atoms with E-state index in [0.29, 0.717) is 53.3 Å². The van der Waals surface area contributed by atoms with Crippen molar-refractivity contribution in [2.24, 2.45) is 5.92 Å². The van der Waals surface area contributed by atoms with Gasteiger partial charge in [-0.05, 0) is 85.6 Å². The number of β-amino-alcohol motifs (C(OH)–C–C–N with tert-alkyl or cyclic N) is 1. The average Bonchev–Trinajstić information content (AvgIpc) is 4.08. The third-order valence-corrected chi connectivity index (χ3v) is 15.2. The highest BCUT2D eigenvalue weighted by Crippen LogP contribution is 2.41. The molecule has 5 aromatic rings. The molecule has 5 N–H and O–H groups in total. The van der Waals surface area contributed by atoms with Crippen LogP contribution in [0, 0.1) is 17.2 Å². The number of piperidine rings is 1. The van der Waals surface area contributed by atoms with Crippen molar-refractivity contribution in [3.8, 4) is 34.8 Å². The van der Waals surface area contributed by atoms with Gasteiger partial charge >= 0.3 is 0 Å². The van der Waals surface area contributed by atoms with E-state index in [9.17, 15) is 19.8 Å². The molecule has 6 atom stereocenters. The second kappa shape index (κ2) is 21.6. The van der Waals surface area contributed by atoms with Crippen molar-refractivity contribution < 1.29 is 38.5 Å². The molecular weight excluding hydrogens is 931 g/mol. The van der Waals surface area contributed by atoms with Crippen molar-refractivity contribution in [1.29, 1.82) is 5.26 Å². The number of nitrogens with two attached hydrogens (primary N) is 1. The summed E-state index contributed by atoms with van der Waals surface area (Å²) in [6.45, 7) is 10.1. The number of rotatable bonds is 17. The number of nitrogens with one attached hydrogen (secondary N) is 1. The Morgan fingerprint density at radius 1 is 0.904 bits per heavy atom. The number of nitrogen functional groups attached to an aromatic ring is 1. The SMILES string of the molecule is CC(C)[C@@H](C(=O)N1C[C@H](O)C[C@H]1C(=O)N[C@@H](C)c1ccc(C#N)cc1)c1cc(OCCN2CCC(O[C@H]3C[C@H](Oc4cc(N5C6CCC5CN(c5cc(-c7ccccc7O)nnc5N)C6)ccn4)C3)CC2)no1. The number of anilines is 3. The second-order valence-corrected chi connectivity index (χ2v) is 20.6. The van der Waals surface area contributed by atoms with Crippen molar-refractivity contribution in [2.75, 3.05) is 61.4 Å². The van der Waals surface area contributed by atoms with Crippen molar-refractivity contribution >= 4 is 29.0 Å². The number of nitrogens with zero attached hydrogens (tertiary/aromatic N) is 9. The number of aliphatic hydroxyl groups excluding tert-OH is 1. The van der Waals surface area contributed by atoms with Crippen molar-refractivity contribution in [3.63, 3.8) is 0 Å². The lowest BCUT2D eigenvalue weighted by atomic mass is 9.91. The first-order chi connectivity index (χ1) is 35.4. The van der Waals surface area contributed by atoms with Crippen LogP contribution in [0.5, 0.6) is 17.5 Å². The molecule has 0 radical (unpaired) electrons. The first-order valence-corrected chi connectivity index (χ1v) is 25.7. The number of aromatic nitrogens is 4. The maximum atomic E-state index is 14.1. The highest BCUT2D eigenvalue weighted by Gasteiger charge is 2.44. The second-order valence-electron chi connectivity index (χ2n) is 20.6. The Bertz CT molecular complexity index is 2760. The fraction of sp³-hybridized carbons (Fsp3) is 0.500. The molecule has 1 saturated carbocycles. The number of hydrogen-bond donors (Lipinski definition) is 4. The molecule has 2 amide bonds. The number of phenolic OH excluding ortho intramolecular Hbond substituents is 1. The number of carbonyl (C=O) groups is 2. The summed E-state index contributed by atoms with van der Waals surface area (Å²) < 4.78 is 24.6. The number of aliphatic hydroxyl groups is 1. The van der Waals surface area contributed by atoms with Gasteiger partial charge in [-0.15, -0.1) is 10.2 Å². The molecule has 73 heavy (non-hydrogen) atoms. The molecule has 0 spiro atoms. The maximum absolute atomic E-state index is 14.1. The summed E-state index contributed by atoms with van der Waals surface area (Å²) in [5.74, 6) is 0.207. The van der Waals surface area contributed by atoms with Gasteiger partial charge in [-0.2, -0.15) is 5.26 Å². The standard InChI is InChI=1S/C54H65N11O8/c1-32(2)51(54(69)64-31-39(66)23-46(64)53(68)58-33(3)35-10-8-34(28-55)9-11-35)48-27-50(61-73-48)70-21-20-62-18-15-40(16-19-62)71-41-24-42(25-41)72-49-22-36(14-17-57-49)65-37-12-13-38(65)30-63(29-37)45-26-44(59-60-52(45)56)43-6-4-5-7-47(43)67/h4-11,14,17,22,26-27,32-33,37-42,46,51,66-67H,12-13,15-16,18-21,23-25,29-31H2,1-3H3,(H2,56,60)(H,58,68)/t33-,37?,38?,39+,41-,42-,46-,51+/m0/s1. The lowest BCUT2D eigenvalue weighted by Crippen LogP contribution is -2.54. The molecule has 2 aromatic carbocycles. The van der Waals surface area contributed by atoms with Gasteiger partial charge in [0.15, 0.2) is 11.6 Å². The number of carbonyl (C=O) groups excluding carboxylic acids is 2. The Balaban J connectivity index is 0.643. The number of amides is 2. The maximum Gasteiger partial charge on any atom is 0.254 e. The molecule has 19 nitrogen and oxygen atoms in total. The van der Waals surface area contributed by atoms with E-state index >= 15 is 0 Å². The Morgan fingerprint density at radius 3 is 2.38 bits per heavy atom. The smallest absolute Gasteiger partial charge is 0.254 e. The summed E-state index contributed by atoms with van der Waals surface area (Å²) in [7, 11) is 0. The van der Waals surface area contributed by atoms with Crippen LogP contribution in [-0.2, 0) is 14.3 Å². The van der Waals surface area contributed by atoms with Gasteiger partial charge in [-0.1, -0.05) is 38.1 Å². The van der Waals surface area contributed by atoms with Crippen LogP contribution in [0.15, 0.2) is 83.5 Å². The van der Waals surface area contributed by atoms with Crippen LogP contribution >= 0.6 is 0 Å². The molecule has 2 bridgehead atoms. The predicted molar refractivity (Wildman–Crippen MR) is 271 cm³/mol. The molecule has 4 aliphatic heterocycles. The minimum Gasteiger partial charge on any atom is -0.507 e. The summed E-state index contributed by atoms with van der Waals surface area (Å²) in [5, 5.41) is 45.9. The number of para-hydroxylation sites is 1. The largest absolute Gasteiger partial charge is 0.507 e. The fourth-order valence-corrected chi connectivity index (χ4v) is 11.3. The van der Waals surface area contributed by atoms with E-state index in [0.717, 1.165) is 81.6 Å². The first kappa shape index (κ1) is 49.6. The van der Waals surface area contributed by atoms with Crippen LogP contribution in [0.25, 0.3) is 11.3 Å². The highest BCUT2D eigenvalue weighted by molar-refractivity contribution is 5.91. The topological polar surface area (TPSA) is 242 Å². The number of ether oxygens (including phenoxy) is 3. The molecular formula is C54H65N11O8. The third-order valence-electron chi connectivity index (χ3n) is 15.2. The molecule has 1 aliphatic carbocycles. The molecule has 7 heterocycles. The van der Waals surface area contributed by atoms with Gasteiger partial charge in [0.2, 0.25) is 17.7 Å². The zero-order valence-corrected chi connectivity index (χ0v) is 41.6. The van der Waals surface area contributed by atoms with E-state index < -0.39 is 18.1 Å². The highest BCUT2D eigenvalue weighted by atomic mass is 16.5. The Morgan fingerprint density at radius 2 is 1.66 bits per heavy atom. The zero-order chi connectivity index (χ0) is 50.8. The monoisotopic (exact) mass is 996 g/mol. The minimum atomic E-state index is -0.853. The van der Waals surface area contributed by atoms with Crippen LogP contribution in [0.2, 0.25) is 0 Å². The molecule has 5 aliphatic rings. The first-order valence-electron chi connectivity index (χ1n) is 25.7. The van der Waals surface area contributed by atoms with E-state index in [1.54, 1.807) is 42.5 Å². The van der Waals surface area contributed by atoms with E-state index in [2.05, 4.69) is 58.6 Å². The molecule has 2 unspecified atom stereocenters. The summed E-state index contributed by atoms with van der Waals surface area (Å²) in [6.07, 6.45) is 7.15. The van der Waals surface area contributed by atoms with Gasteiger partial charge < -0.3 is 54.7 Å². The van der Waals surface area contributed by atoms with Crippen LogP contribution in [-0.4, -0.2) is 141 Å². The fourth-order valence-electron chi connectivity index (χ4n) is 11.3. The lowest BCUT2D eigenvalue weighted by molar-refractivity contribution is -0.141. The number of aromatic hydroxyl groups is 1. The molecule has 3 aromatic heterocycles. The van der Waals surface area contributed by atoms with E-state index in [-0.39, 0.29) is 72.9 Å². The summed E-state index contributed by atoms with van der Waals surface area (Å²) in [6, 6.07) is 23.3. The molecule has 4 saturated heterocycles. The lowest BCUT2D eigenvalue weighted by Gasteiger charge is -2.43. The number of nitriles is 1. The molecule has 384 valence electrons. The Kier molecular flexibility index (Phi) is 14.7. The minimum absolute atomic E-state index is 0.0330. The van der Waals surface area contributed by atoms with Gasteiger partial charge in [-0.3, -0.25) is 14.5 Å². The number of pyridine rings is 1. The number of piperazine rings is 1. The predicted octanol–water partition coefficient (Wildman–Crippen LogP) is 5.59. The van der Waals surface area contributed by atoms with Crippen molar-refractivity contribution in [3.05, 3.63) is 95.9 Å². The van der Waals surface area contributed by atoms with Crippen LogP contribution < -0.4 is 30.3 Å². The Hall–Kier alpha value is -7.01. The van der Waals surface area contributed by atoms with Gasteiger partial charge in [0.05, 0.1) is 47.4 Å². The van der Waals surface area contributed by atoms with Gasteiger partial charge in [0, 0.05) is 100 Å².